The van der Waals surface area contributed by atoms with E-state index in [2.05, 4.69) is 31.0 Å². The van der Waals surface area contributed by atoms with Gasteiger partial charge in [0.25, 0.3) is 0 Å². The van der Waals surface area contributed by atoms with Crippen LogP contribution in [0.25, 0.3) is 11.6 Å². The highest BCUT2D eigenvalue weighted by molar-refractivity contribution is 5.44. The van der Waals surface area contributed by atoms with Crippen molar-refractivity contribution < 1.29 is 8.94 Å². The molecular formula is C17H19N5O2. The van der Waals surface area contributed by atoms with Crippen molar-refractivity contribution in [1.29, 1.82) is 0 Å². The molecule has 0 unspecified atom stereocenters. The van der Waals surface area contributed by atoms with E-state index >= 15 is 0 Å². The van der Waals surface area contributed by atoms with Crippen molar-refractivity contribution in [2.75, 3.05) is 26.2 Å². The van der Waals surface area contributed by atoms with Crippen molar-refractivity contribution in [3.63, 3.8) is 0 Å². The zero-order valence-electron chi connectivity index (χ0n) is 13.3. The topological polar surface area (TPSA) is 71.4 Å². The van der Waals surface area contributed by atoms with Crippen LogP contribution in [0.15, 0.2) is 51.7 Å². The fourth-order valence-electron chi connectivity index (χ4n) is 2.84. The molecule has 0 N–H and O–H groups in total. The second-order valence-electron chi connectivity index (χ2n) is 5.86. The summed E-state index contributed by atoms with van der Waals surface area (Å²) in [5.41, 5.74) is 1.12. The fraction of sp³-hybridized carbons (Fsp3) is 0.353. The van der Waals surface area contributed by atoms with Crippen molar-refractivity contribution in [3.05, 3.63) is 54.4 Å². The van der Waals surface area contributed by atoms with E-state index in [1.54, 1.807) is 6.26 Å². The van der Waals surface area contributed by atoms with Crippen molar-refractivity contribution in [3.8, 4) is 11.6 Å². The molecule has 4 heterocycles. The molecule has 4 rings (SSSR count). The van der Waals surface area contributed by atoms with Gasteiger partial charge in [0.2, 0.25) is 11.7 Å². The molecule has 1 aliphatic rings. The molecule has 0 saturated carbocycles. The first-order chi connectivity index (χ1) is 11.9. The SMILES string of the molecule is c1ccc(CN2CCN(Cc3nc(-c4ccco4)no3)CC2)nc1. The Bertz CT molecular complexity index is 748. The molecule has 0 spiro atoms. The Kier molecular flexibility index (Phi) is 4.35. The third kappa shape index (κ3) is 3.52. The quantitative estimate of drug-likeness (QED) is 0.711. The van der Waals surface area contributed by atoms with Gasteiger partial charge < -0.3 is 8.94 Å². The van der Waals surface area contributed by atoms with Crippen LogP contribution in [0.4, 0.5) is 0 Å². The third-order valence-electron chi connectivity index (χ3n) is 4.15. The van der Waals surface area contributed by atoms with Crippen LogP contribution in [0.3, 0.4) is 0 Å². The zero-order valence-corrected chi connectivity index (χ0v) is 13.3. The van der Waals surface area contributed by atoms with Crippen LogP contribution in [-0.4, -0.2) is 51.1 Å². The molecule has 0 bridgehead atoms. The fourth-order valence-corrected chi connectivity index (χ4v) is 2.84. The lowest BCUT2D eigenvalue weighted by molar-refractivity contribution is 0.111. The van der Waals surface area contributed by atoms with Gasteiger partial charge in [-0.15, -0.1) is 0 Å². The maximum atomic E-state index is 5.33. The van der Waals surface area contributed by atoms with Gasteiger partial charge in [0.15, 0.2) is 5.76 Å². The van der Waals surface area contributed by atoms with E-state index in [0.717, 1.165) is 38.4 Å². The lowest BCUT2D eigenvalue weighted by Gasteiger charge is -2.33. The number of aromatic nitrogens is 3. The summed E-state index contributed by atoms with van der Waals surface area (Å²) in [5, 5.41) is 3.97. The molecule has 24 heavy (non-hydrogen) atoms. The number of piperazine rings is 1. The Morgan fingerprint density at radius 3 is 2.50 bits per heavy atom. The summed E-state index contributed by atoms with van der Waals surface area (Å²) in [5.74, 6) is 1.76. The van der Waals surface area contributed by atoms with E-state index in [-0.39, 0.29) is 0 Å². The van der Waals surface area contributed by atoms with Gasteiger partial charge >= 0.3 is 0 Å². The summed E-state index contributed by atoms with van der Waals surface area (Å²) in [6, 6.07) is 9.69. The van der Waals surface area contributed by atoms with Gasteiger partial charge in [-0.05, 0) is 24.3 Å². The largest absolute Gasteiger partial charge is 0.461 e. The molecule has 1 aliphatic heterocycles. The monoisotopic (exact) mass is 325 g/mol. The number of furan rings is 1. The standard InChI is InChI=1S/C17H19N5O2/c1-2-6-18-14(4-1)12-21-7-9-22(10-8-21)13-16-19-17(20-24-16)15-5-3-11-23-15/h1-6,11H,7-10,12-13H2. The minimum Gasteiger partial charge on any atom is -0.461 e. The van der Waals surface area contributed by atoms with E-state index in [1.165, 1.54) is 0 Å². The Morgan fingerprint density at radius 2 is 1.79 bits per heavy atom. The molecular weight excluding hydrogens is 306 g/mol. The number of hydrogen-bond donors (Lipinski definition) is 0. The highest BCUT2D eigenvalue weighted by Crippen LogP contribution is 2.17. The molecule has 1 saturated heterocycles. The van der Waals surface area contributed by atoms with Crippen LogP contribution < -0.4 is 0 Å². The smallest absolute Gasteiger partial charge is 0.241 e. The van der Waals surface area contributed by atoms with Gasteiger partial charge in [-0.2, -0.15) is 4.98 Å². The van der Waals surface area contributed by atoms with Crippen LogP contribution in [0.2, 0.25) is 0 Å². The predicted octanol–water partition coefficient (Wildman–Crippen LogP) is 2.04. The molecule has 0 aliphatic carbocycles. The molecule has 3 aromatic rings. The normalized spacial score (nSPS) is 16.5. The van der Waals surface area contributed by atoms with Crippen molar-refractivity contribution in [1.82, 2.24) is 24.9 Å². The minimum atomic E-state index is 0.504. The van der Waals surface area contributed by atoms with E-state index in [1.807, 2.05) is 30.5 Å². The van der Waals surface area contributed by atoms with Crippen LogP contribution in [-0.2, 0) is 13.1 Å². The Balaban J connectivity index is 1.29. The lowest BCUT2D eigenvalue weighted by atomic mass is 10.2. The summed E-state index contributed by atoms with van der Waals surface area (Å²) in [6.45, 7) is 5.55. The molecule has 1 fully saturated rings. The van der Waals surface area contributed by atoms with E-state index < -0.39 is 0 Å². The zero-order chi connectivity index (χ0) is 16.2. The first-order valence-electron chi connectivity index (χ1n) is 8.08. The maximum Gasteiger partial charge on any atom is 0.241 e. The number of rotatable bonds is 5. The number of nitrogens with zero attached hydrogens (tertiary/aromatic N) is 5. The highest BCUT2D eigenvalue weighted by atomic mass is 16.5. The maximum absolute atomic E-state index is 5.33. The summed E-state index contributed by atoms with van der Waals surface area (Å²) in [4.78, 5) is 13.5. The Hall–Kier alpha value is -2.51. The average Bonchev–Trinajstić information content (AvgIpc) is 3.29. The van der Waals surface area contributed by atoms with Crippen LogP contribution in [0.5, 0.6) is 0 Å². The van der Waals surface area contributed by atoms with Gasteiger partial charge in [-0.25, -0.2) is 0 Å². The number of hydrogen-bond acceptors (Lipinski definition) is 7. The van der Waals surface area contributed by atoms with Crippen LogP contribution >= 0.6 is 0 Å². The van der Waals surface area contributed by atoms with Gasteiger partial charge in [0.05, 0.1) is 18.5 Å². The lowest BCUT2D eigenvalue weighted by Crippen LogP contribution is -2.45. The minimum absolute atomic E-state index is 0.504. The Morgan fingerprint density at radius 1 is 0.958 bits per heavy atom. The average molecular weight is 325 g/mol. The molecule has 0 aromatic carbocycles. The molecule has 0 radical (unpaired) electrons. The first kappa shape index (κ1) is 15.0. The molecule has 7 heteroatoms. The molecule has 0 amide bonds. The third-order valence-corrected chi connectivity index (χ3v) is 4.15. The molecule has 0 atom stereocenters. The highest BCUT2D eigenvalue weighted by Gasteiger charge is 2.20. The molecule has 124 valence electrons. The molecule has 3 aromatic heterocycles. The van der Waals surface area contributed by atoms with E-state index in [9.17, 15) is 0 Å². The summed E-state index contributed by atoms with van der Waals surface area (Å²) >= 11 is 0. The van der Waals surface area contributed by atoms with Crippen LogP contribution in [0.1, 0.15) is 11.6 Å². The first-order valence-corrected chi connectivity index (χ1v) is 8.08. The van der Waals surface area contributed by atoms with Crippen LogP contribution in [0, 0.1) is 0 Å². The van der Waals surface area contributed by atoms with Crippen molar-refractivity contribution in [2.45, 2.75) is 13.1 Å². The second kappa shape index (κ2) is 6.94. The van der Waals surface area contributed by atoms with Gasteiger partial charge in [-0.3, -0.25) is 14.8 Å². The second-order valence-corrected chi connectivity index (χ2v) is 5.86. The Labute approximate surface area is 139 Å². The summed E-state index contributed by atoms with van der Waals surface area (Å²) < 4.78 is 10.6. The predicted molar refractivity (Wildman–Crippen MR) is 86.8 cm³/mol. The van der Waals surface area contributed by atoms with E-state index in [4.69, 9.17) is 8.94 Å². The van der Waals surface area contributed by atoms with Crippen molar-refractivity contribution in [2.24, 2.45) is 0 Å². The van der Waals surface area contributed by atoms with Gasteiger partial charge in [0.1, 0.15) is 0 Å². The summed E-state index contributed by atoms with van der Waals surface area (Å²) in [7, 11) is 0. The van der Waals surface area contributed by atoms with E-state index in [0.29, 0.717) is 24.0 Å². The van der Waals surface area contributed by atoms with Gasteiger partial charge in [0, 0.05) is 38.9 Å². The van der Waals surface area contributed by atoms with Crippen molar-refractivity contribution >= 4 is 0 Å². The summed E-state index contributed by atoms with van der Waals surface area (Å²) in [6.07, 6.45) is 3.45. The van der Waals surface area contributed by atoms with Gasteiger partial charge in [-0.1, -0.05) is 11.2 Å². The number of pyridine rings is 1. The molecule has 7 nitrogen and oxygen atoms in total.